The van der Waals surface area contributed by atoms with Crippen molar-refractivity contribution in [2.75, 3.05) is 13.2 Å². The third-order valence-corrected chi connectivity index (χ3v) is 5.57. The van der Waals surface area contributed by atoms with Gasteiger partial charge in [-0.2, -0.15) is 4.52 Å². The predicted molar refractivity (Wildman–Crippen MR) is 111 cm³/mol. The van der Waals surface area contributed by atoms with Crippen molar-refractivity contribution >= 4 is 22.5 Å². The topological polar surface area (TPSA) is 85.5 Å². The lowest BCUT2D eigenvalue weighted by Crippen LogP contribution is -2.37. The van der Waals surface area contributed by atoms with Crippen LogP contribution in [0.4, 0.5) is 0 Å². The Morgan fingerprint density at radius 3 is 3.03 bits per heavy atom. The molecule has 0 spiro atoms. The highest BCUT2D eigenvalue weighted by atomic mass is 16.5. The zero-order chi connectivity index (χ0) is 20.5. The number of ether oxygens (including phenoxy) is 1. The molecule has 3 aromatic heterocycles. The Morgan fingerprint density at radius 2 is 2.23 bits per heavy atom. The Labute approximate surface area is 173 Å². The smallest absolute Gasteiger partial charge is 0.255 e. The Balaban J connectivity index is 1.56. The second kappa shape index (κ2) is 7.79. The molecule has 4 aromatic rings. The average Bonchev–Trinajstić information content (AvgIpc) is 3.45. The molecular formula is C22H22N6O2. The summed E-state index contributed by atoms with van der Waals surface area (Å²) in [5.41, 5.74) is 4.19. The van der Waals surface area contributed by atoms with Crippen molar-refractivity contribution in [3.8, 4) is 0 Å². The SMILES string of the molecule is Cc1cccc2cc(CN(C[C@H]3CCCO3)C(=O)c3cccnc3)c3nnnn3c12. The van der Waals surface area contributed by atoms with Gasteiger partial charge < -0.3 is 9.64 Å². The summed E-state index contributed by atoms with van der Waals surface area (Å²) >= 11 is 0. The molecule has 8 nitrogen and oxygen atoms in total. The van der Waals surface area contributed by atoms with Crippen LogP contribution in [-0.4, -0.2) is 55.1 Å². The third kappa shape index (κ3) is 3.39. The average molecular weight is 402 g/mol. The van der Waals surface area contributed by atoms with Crippen LogP contribution in [0.5, 0.6) is 0 Å². The van der Waals surface area contributed by atoms with Gasteiger partial charge in [-0.05, 0) is 54.0 Å². The van der Waals surface area contributed by atoms with Crippen LogP contribution in [0.25, 0.3) is 16.6 Å². The predicted octanol–water partition coefficient (Wildman–Crippen LogP) is 2.80. The summed E-state index contributed by atoms with van der Waals surface area (Å²) < 4.78 is 7.57. The Morgan fingerprint density at radius 1 is 1.30 bits per heavy atom. The Kier molecular flexibility index (Phi) is 4.84. The molecule has 5 rings (SSSR count). The molecule has 1 amide bonds. The van der Waals surface area contributed by atoms with E-state index in [9.17, 15) is 4.79 Å². The highest BCUT2D eigenvalue weighted by molar-refractivity contribution is 5.94. The second-order valence-electron chi connectivity index (χ2n) is 7.66. The number of tetrazole rings is 1. The normalized spacial score (nSPS) is 16.4. The first-order valence-electron chi connectivity index (χ1n) is 10.1. The minimum atomic E-state index is -0.0754. The van der Waals surface area contributed by atoms with Gasteiger partial charge in [0.2, 0.25) is 0 Å². The van der Waals surface area contributed by atoms with E-state index in [2.05, 4.69) is 26.6 Å². The quantitative estimate of drug-likeness (QED) is 0.510. The summed E-state index contributed by atoms with van der Waals surface area (Å²) in [5.74, 6) is -0.0754. The first-order chi connectivity index (χ1) is 14.7. The summed E-state index contributed by atoms with van der Waals surface area (Å²) in [5, 5.41) is 13.4. The lowest BCUT2D eigenvalue weighted by atomic mass is 10.1. The number of hydrogen-bond donors (Lipinski definition) is 0. The van der Waals surface area contributed by atoms with Gasteiger partial charge in [-0.1, -0.05) is 18.2 Å². The third-order valence-electron chi connectivity index (χ3n) is 5.57. The standard InChI is InChI=1S/C22H22N6O2/c1-15-5-2-6-16-11-18(21-24-25-26-28(21)20(15)16)13-27(14-19-8-4-10-30-19)22(29)17-7-3-9-23-12-17/h2-3,5-7,9,11-12,19H,4,8,10,13-14H2,1H3/t19-/m1/s1. The van der Waals surface area contributed by atoms with E-state index < -0.39 is 0 Å². The van der Waals surface area contributed by atoms with Gasteiger partial charge in [-0.15, -0.1) is 5.10 Å². The number of fused-ring (bicyclic) bond motifs is 3. The van der Waals surface area contributed by atoms with Gasteiger partial charge in [0, 0.05) is 43.0 Å². The number of carbonyl (C=O) groups is 1. The molecule has 4 heterocycles. The van der Waals surface area contributed by atoms with Crippen LogP contribution < -0.4 is 0 Å². The fraction of sp³-hybridized carbons (Fsp3) is 0.318. The molecule has 0 saturated carbocycles. The van der Waals surface area contributed by atoms with Gasteiger partial charge in [-0.25, -0.2) is 0 Å². The van der Waals surface area contributed by atoms with E-state index in [1.54, 1.807) is 29.0 Å². The number of hydrogen-bond acceptors (Lipinski definition) is 6. The molecule has 0 unspecified atom stereocenters. The molecular weight excluding hydrogens is 380 g/mol. The van der Waals surface area contributed by atoms with Crippen LogP contribution in [0, 0.1) is 6.92 Å². The lowest BCUT2D eigenvalue weighted by Gasteiger charge is -2.26. The van der Waals surface area contributed by atoms with Gasteiger partial charge in [0.05, 0.1) is 17.2 Å². The van der Waals surface area contributed by atoms with E-state index in [-0.39, 0.29) is 12.0 Å². The molecule has 0 N–H and O–H groups in total. The number of rotatable bonds is 5. The van der Waals surface area contributed by atoms with Gasteiger partial charge in [-0.3, -0.25) is 9.78 Å². The molecule has 30 heavy (non-hydrogen) atoms. The van der Waals surface area contributed by atoms with Crippen molar-refractivity contribution in [3.05, 3.63) is 65.5 Å². The minimum absolute atomic E-state index is 0.0420. The maximum atomic E-state index is 13.3. The number of pyridine rings is 2. The van der Waals surface area contributed by atoms with Crippen LogP contribution in [0.3, 0.4) is 0 Å². The van der Waals surface area contributed by atoms with Crippen molar-refractivity contribution in [3.63, 3.8) is 0 Å². The van der Waals surface area contributed by atoms with Crippen LogP contribution in [0.1, 0.15) is 34.3 Å². The number of nitrogens with zero attached hydrogens (tertiary/aromatic N) is 6. The molecule has 1 fully saturated rings. The molecule has 0 aliphatic carbocycles. The number of para-hydroxylation sites is 1. The molecule has 1 aliphatic rings. The fourth-order valence-corrected chi connectivity index (χ4v) is 4.12. The monoisotopic (exact) mass is 402 g/mol. The Bertz CT molecular complexity index is 1200. The molecule has 1 saturated heterocycles. The summed E-state index contributed by atoms with van der Waals surface area (Å²) in [4.78, 5) is 19.2. The number of benzene rings is 1. The zero-order valence-electron chi connectivity index (χ0n) is 16.7. The van der Waals surface area contributed by atoms with E-state index in [4.69, 9.17) is 4.74 Å². The van der Waals surface area contributed by atoms with Crippen LogP contribution >= 0.6 is 0 Å². The van der Waals surface area contributed by atoms with E-state index in [1.165, 1.54) is 0 Å². The zero-order valence-corrected chi connectivity index (χ0v) is 16.7. The number of aromatic nitrogens is 5. The minimum Gasteiger partial charge on any atom is -0.376 e. The highest BCUT2D eigenvalue weighted by Crippen LogP contribution is 2.24. The van der Waals surface area contributed by atoms with Gasteiger partial charge in [0.1, 0.15) is 0 Å². The van der Waals surface area contributed by atoms with E-state index in [1.807, 2.05) is 30.0 Å². The summed E-state index contributed by atoms with van der Waals surface area (Å²) in [6.07, 6.45) is 5.28. The van der Waals surface area contributed by atoms with Gasteiger partial charge in [0.15, 0.2) is 5.65 Å². The van der Waals surface area contributed by atoms with E-state index >= 15 is 0 Å². The van der Waals surface area contributed by atoms with Crippen molar-refractivity contribution in [1.29, 1.82) is 0 Å². The van der Waals surface area contributed by atoms with Crippen molar-refractivity contribution in [1.82, 2.24) is 29.9 Å². The molecule has 0 bridgehead atoms. The number of amides is 1. The molecule has 1 atom stereocenters. The molecule has 1 aromatic carbocycles. The molecule has 152 valence electrons. The molecule has 8 heteroatoms. The largest absolute Gasteiger partial charge is 0.376 e. The summed E-state index contributed by atoms with van der Waals surface area (Å²) in [7, 11) is 0. The van der Waals surface area contributed by atoms with Gasteiger partial charge in [0.25, 0.3) is 5.91 Å². The van der Waals surface area contributed by atoms with Crippen molar-refractivity contribution < 1.29 is 9.53 Å². The number of carbonyl (C=O) groups excluding carboxylic acids is 1. The van der Waals surface area contributed by atoms with E-state index in [0.29, 0.717) is 24.3 Å². The number of aryl methyl sites for hydroxylation is 1. The van der Waals surface area contributed by atoms with Crippen LogP contribution in [0.15, 0.2) is 48.8 Å². The van der Waals surface area contributed by atoms with Crippen LogP contribution in [0.2, 0.25) is 0 Å². The maximum absolute atomic E-state index is 13.3. The van der Waals surface area contributed by atoms with Crippen LogP contribution in [-0.2, 0) is 11.3 Å². The lowest BCUT2D eigenvalue weighted by molar-refractivity contribution is 0.0507. The van der Waals surface area contributed by atoms with Gasteiger partial charge >= 0.3 is 0 Å². The molecule has 0 radical (unpaired) electrons. The van der Waals surface area contributed by atoms with Crippen molar-refractivity contribution in [2.45, 2.75) is 32.4 Å². The summed E-state index contributed by atoms with van der Waals surface area (Å²) in [6.45, 7) is 3.70. The highest BCUT2D eigenvalue weighted by Gasteiger charge is 2.25. The first kappa shape index (κ1) is 18.6. The second-order valence-corrected chi connectivity index (χ2v) is 7.66. The summed E-state index contributed by atoms with van der Waals surface area (Å²) in [6, 6.07) is 11.7. The first-order valence-corrected chi connectivity index (χ1v) is 10.1. The fourth-order valence-electron chi connectivity index (χ4n) is 4.12. The maximum Gasteiger partial charge on any atom is 0.255 e. The molecule has 1 aliphatic heterocycles. The van der Waals surface area contributed by atoms with Crippen molar-refractivity contribution in [2.24, 2.45) is 0 Å². The van der Waals surface area contributed by atoms with E-state index in [0.717, 1.165) is 41.5 Å². The Hall–Kier alpha value is -3.39.